The summed E-state index contributed by atoms with van der Waals surface area (Å²) in [6.07, 6.45) is 7.40. The second kappa shape index (κ2) is 6.23. The maximum atomic E-state index is 3.76. The molecule has 15 heavy (non-hydrogen) atoms. The standard InChI is InChI=1S/C15H20/c1-4-8-13-10-7-11-15(12-13)14(6-3)9-5-2/h5,7,9-12H,2,4,6,8H2,1,3H3/b14-9+. The molecule has 0 aliphatic heterocycles. The lowest BCUT2D eigenvalue weighted by atomic mass is 9.99. The molecule has 0 heteroatoms. The first-order valence-electron chi connectivity index (χ1n) is 5.72. The molecule has 0 aliphatic carbocycles. The first kappa shape index (κ1) is 11.8. The highest BCUT2D eigenvalue weighted by molar-refractivity contribution is 5.67. The summed E-state index contributed by atoms with van der Waals surface area (Å²) in [5.74, 6) is 0. The van der Waals surface area contributed by atoms with Crippen LogP contribution in [-0.2, 0) is 6.42 Å². The number of rotatable bonds is 5. The van der Waals surface area contributed by atoms with Crippen LogP contribution in [-0.4, -0.2) is 0 Å². The van der Waals surface area contributed by atoms with Crippen molar-refractivity contribution in [1.29, 1.82) is 0 Å². The van der Waals surface area contributed by atoms with Crippen molar-refractivity contribution >= 4 is 5.57 Å². The lowest BCUT2D eigenvalue weighted by Crippen LogP contribution is -1.87. The van der Waals surface area contributed by atoms with Gasteiger partial charge in [0, 0.05) is 0 Å². The third-order valence-corrected chi connectivity index (χ3v) is 2.54. The van der Waals surface area contributed by atoms with Crippen molar-refractivity contribution in [2.45, 2.75) is 33.1 Å². The molecule has 1 aromatic rings. The maximum Gasteiger partial charge on any atom is -0.0222 e. The van der Waals surface area contributed by atoms with Crippen LogP contribution in [0.2, 0.25) is 0 Å². The van der Waals surface area contributed by atoms with Crippen LogP contribution in [0.4, 0.5) is 0 Å². The molecule has 0 saturated heterocycles. The number of hydrogen-bond acceptors (Lipinski definition) is 0. The molecule has 0 nitrogen and oxygen atoms in total. The topological polar surface area (TPSA) is 0 Å². The van der Waals surface area contributed by atoms with Gasteiger partial charge in [-0.2, -0.15) is 0 Å². The second-order valence-electron chi connectivity index (χ2n) is 3.73. The van der Waals surface area contributed by atoms with E-state index in [-0.39, 0.29) is 0 Å². The Balaban J connectivity index is 2.97. The predicted octanol–water partition coefficient (Wildman–Crippen LogP) is 4.62. The largest absolute Gasteiger partial charge is 0.0991 e. The predicted molar refractivity (Wildman–Crippen MR) is 68.9 cm³/mol. The van der Waals surface area contributed by atoms with Gasteiger partial charge in [0.15, 0.2) is 0 Å². The minimum absolute atomic E-state index is 1.06. The van der Waals surface area contributed by atoms with Crippen LogP contribution in [0.25, 0.3) is 5.57 Å². The van der Waals surface area contributed by atoms with Crippen molar-refractivity contribution in [1.82, 2.24) is 0 Å². The molecule has 0 amide bonds. The molecule has 0 atom stereocenters. The summed E-state index contributed by atoms with van der Waals surface area (Å²) in [7, 11) is 0. The quantitative estimate of drug-likeness (QED) is 0.608. The van der Waals surface area contributed by atoms with Crippen molar-refractivity contribution in [2.75, 3.05) is 0 Å². The molecular weight excluding hydrogens is 180 g/mol. The highest BCUT2D eigenvalue weighted by Crippen LogP contribution is 2.19. The SMILES string of the molecule is C=C/C=C(\CC)c1cccc(CCC)c1. The van der Waals surface area contributed by atoms with Crippen LogP contribution < -0.4 is 0 Å². The molecule has 0 radical (unpaired) electrons. The Morgan fingerprint density at radius 3 is 2.73 bits per heavy atom. The number of benzene rings is 1. The van der Waals surface area contributed by atoms with Crippen LogP contribution in [0.5, 0.6) is 0 Å². The molecule has 1 aromatic carbocycles. The molecule has 0 bridgehead atoms. The van der Waals surface area contributed by atoms with E-state index < -0.39 is 0 Å². The first-order chi connectivity index (χ1) is 7.31. The van der Waals surface area contributed by atoms with Crippen molar-refractivity contribution < 1.29 is 0 Å². The molecule has 0 N–H and O–H groups in total. The molecule has 1 rings (SSSR count). The van der Waals surface area contributed by atoms with E-state index in [9.17, 15) is 0 Å². The molecule has 0 heterocycles. The average molecular weight is 200 g/mol. The third kappa shape index (κ3) is 3.39. The van der Waals surface area contributed by atoms with Gasteiger partial charge in [-0.25, -0.2) is 0 Å². The van der Waals surface area contributed by atoms with E-state index in [1.54, 1.807) is 0 Å². The summed E-state index contributed by atoms with van der Waals surface area (Å²) in [5, 5.41) is 0. The van der Waals surface area contributed by atoms with Crippen LogP contribution in [0.3, 0.4) is 0 Å². The van der Waals surface area contributed by atoms with E-state index in [1.165, 1.54) is 29.5 Å². The normalized spacial score (nSPS) is 11.5. The zero-order valence-corrected chi connectivity index (χ0v) is 9.79. The van der Waals surface area contributed by atoms with E-state index in [4.69, 9.17) is 0 Å². The zero-order valence-electron chi connectivity index (χ0n) is 9.79. The third-order valence-electron chi connectivity index (χ3n) is 2.54. The molecule has 0 fully saturated rings. The van der Waals surface area contributed by atoms with Crippen LogP contribution in [0.1, 0.15) is 37.8 Å². The lowest BCUT2D eigenvalue weighted by molar-refractivity contribution is 0.921. The van der Waals surface area contributed by atoms with Gasteiger partial charge in [0.1, 0.15) is 0 Å². The summed E-state index contributed by atoms with van der Waals surface area (Å²) in [6, 6.07) is 8.82. The van der Waals surface area contributed by atoms with E-state index in [1.807, 2.05) is 6.08 Å². The Morgan fingerprint density at radius 1 is 1.33 bits per heavy atom. The fourth-order valence-corrected chi connectivity index (χ4v) is 1.78. The highest BCUT2D eigenvalue weighted by Gasteiger charge is 1.99. The van der Waals surface area contributed by atoms with Crippen molar-refractivity contribution in [2.24, 2.45) is 0 Å². The molecule has 0 aromatic heterocycles. The highest BCUT2D eigenvalue weighted by atomic mass is 14.0. The number of hydrogen-bond donors (Lipinski definition) is 0. The molecular formula is C15H20. The lowest BCUT2D eigenvalue weighted by Gasteiger charge is -2.06. The van der Waals surface area contributed by atoms with Gasteiger partial charge in [0.05, 0.1) is 0 Å². The molecule has 0 aliphatic rings. The molecule has 80 valence electrons. The Bertz CT molecular complexity index is 345. The first-order valence-corrected chi connectivity index (χ1v) is 5.72. The monoisotopic (exact) mass is 200 g/mol. The van der Waals surface area contributed by atoms with Gasteiger partial charge in [0.25, 0.3) is 0 Å². The summed E-state index contributed by atoms with van der Waals surface area (Å²) in [4.78, 5) is 0. The van der Waals surface area contributed by atoms with Gasteiger partial charge in [-0.3, -0.25) is 0 Å². The second-order valence-corrected chi connectivity index (χ2v) is 3.73. The summed E-state index contributed by atoms with van der Waals surface area (Å²) in [5.41, 5.74) is 4.13. The van der Waals surface area contributed by atoms with Crippen LogP contribution >= 0.6 is 0 Å². The Labute approximate surface area is 93.3 Å². The Hall–Kier alpha value is -1.30. The van der Waals surface area contributed by atoms with Crippen LogP contribution in [0, 0.1) is 0 Å². The van der Waals surface area contributed by atoms with Gasteiger partial charge < -0.3 is 0 Å². The summed E-state index contributed by atoms with van der Waals surface area (Å²) >= 11 is 0. The fourth-order valence-electron chi connectivity index (χ4n) is 1.78. The van der Waals surface area contributed by atoms with E-state index in [0.29, 0.717) is 0 Å². The van der Waals surface area contributed by atoms with E-state index in [0.717, 1.165) is 6.42 Å². The van der Waals surface area contributed by atoms with Crippen molar-refractivity contribution in [3.63, 3.8) is 0 Å². The summed E-state index contributed by atoms with van der Waals surface area (Å²) in [6.45, 7) is 8.15. The van der Waals surface area contributed by atoms with Gasteiger partial charge in [-0.05, 0) is 29.5 Å². The fraction of sp³-hybridized carbons (Fsp3) is 0.333. The van der Waals surface area contributed by atoms with Gasteiger partial charge in [0.2, 0.25) is 0 Å². The van der Waals surface area contributed by atoms with Gasteiger partial charge in [-0.1, -0.05) is 63.3 Å². The smallest absolute Gasteiger partial charge is 0.0222 e. The minimum atomic E-state index is 1.06. The summed E-state index contributed by atoms with van der Waals surface area (Å²) < 4.78 is 0. The number of allylic oxidation sites excluding steroid dienone is 3. The van der Waals surface area contributed by atoms with Crippen molar-refractivity contribution in [3.8, 4) is 0 Å². The number of aryl methyl sites for hydroxylation is 1. The van der Waals surface area contributed by atoms with Gasteiger partial charge >= 0.3 is 0 Å². The van der Waals surface area contributed by atoms with Gasteiger partial charge in [-0.15, -0.1) is 0 Å². The van der Waals surface area contributed by atoms with E-state index >= 15 is 0 Å². The molecule has 0 spiro atoms. The Kier molecular flexibility index (Phi) is 4.89. The Morgan fingerprint density at radius 2 is 2.13 bits per heavy atom. The minimum Gasteiger partial charge on any atom is -0.0991 e. The average Bonchev–Trinajstić information content (AvgIpc) is 2.27. The van der Waals surface area contributed by atoms with Crippen LogP contribution in [0.15, 0.2) is 43.0 Å². The maximum absolute atomic E-state index is 3.76. The van der Waals surface area contributed by atoms with Crippen molar-refractivity contribution in [3.05, 3.63) is 54.1 Å². The molecule has 0 unspecified atom stereocenters. The zero-order chi connectivity index (χ0) is 11.1. The van der Waals surface area contributed by atoms with E-state index in [2.05, 4.69) is 50.8 Å². The molecule has 0 saturated carbocycles.